The first-order valence-corrected chi connectivity index (χ1v) is 22.1. The second-order valence-electron chi connectivity index (χ2n) is 19.0. The molecule has 6 saturated carbocycles. The van der Waals surface area contributed by atoms with Crippen LogP contribution in [0.1, 0.15) is 155 Å². The van der Waals surface area contributed by atoms with E-state index in [4.69, 9.17) is 29.2 Å². The van der Waals surface area contributed by atoms with Crippen molar-refractivity contribution >= 4 is 11.9 Å². The van der Waals surface area contributed by atoms with E-state index in [9.17, 15) is 24.9 Å². The minimum absolute atomic E-state index is 0.0734. The number of carboxylic acid groups (broad SMARTS) is 1. The predicted octanol–water partition coefficient (Wildman–Crippen LogP) is 7.41. The molecule has 6 rings (SSSR count). The SMILES string of the molecule is CC(C)(C1CCC(OC2CCC(OOCC3CC(O)CCC3COO)CC2)CC1)C1CCC(OC2CCC(OC(=O)C3CC(O)CCC3C(=O)O)CC2)CC1. The quantitative estimate of drug-likeness (QED) is 0.0739. The molecule has 0 aromatic carbocycles. The number of hydrogen-bond donors (Lipinski definition) is 4. The lowest BCUT2D eigenvalue weighted by molar-refractivity contribution is -0.341. The van der Waals surface area contributed by atoms with Crippen LogP contribution in [0.4, 0.5) is 0 Å². The summed E-state index contributed by atoms with van der Waals surface area (Å²) in [6.07, 6.45) is 19.4. The van der Waals surface area contributed by atoms with E-state index in [0.717, 1.165) is 89.9 Å². The Kier molecular flexibility index (Phi) is 16.1. The number of carbonyl (C=O) groups is 2. The summed E-state index contributed by atoms with van der Waals surface area (Å²) in [5.74, 6) is -1.28. The van der Waals surface area contributed by atoms with Crippen molar-refractivity contribution in [2.45, 2.75) is 204 Å². The second kappa shape index (κ2) is 20.5. The largest absolute Gasteiger partial charge is 0.481 e. The Labute approximate surface area is 328 Å². The third kappa shape index (κ3) is 12.1. The Morgan fingerprint density at radius 2 is 1.02 bits per heavy atom. The van der Waals surface area contributed by atoms with E-state index in [2.05, 4.69) is 18.7 Å². The molecule has 12 nitrogen and oxygen atoms in total. The van der Waals surface area contributed by atoms with Crippen molar-refractivity contribution in [3.05, 3.63) is 0 Å². The molecule has 0 spiro atoms. The van der Waals surface area contributed by atoms with Crippen molar-refractivity contribution in [3.63, 3.8) is 0 Å². The molecule has 0 aromatic heterocycles. The fourth-order valence-corrected chi connectivity index (χ4v) is 11.3. The summed E-state index contributed by atoms with van der Waals surface area (Å²) in [6, 6.07) is 0. The van der Waals surface area contributed by atoms with E-state index in [1.54, 1.807) is 0 Å². The summed E-state index contributed by atoms with van der Waals surface area (Å²) >= 11 is 0. The number of aliphatic hydroxyl groups excluding tert-OH is 2. The highest BCUT2D eigenvalue weighted by Crippen LogP contribution is 2.49. The summed E-state index contributed by atoms with van der Waals surface area (Å²) in [5.41, 5.74) is 0.294. The van der Waals surface area contributed by atoms with Crippen LogP contribution in [-0.4, -0.2) is 94.6 Å². The Morgan fingerprint density at radius 3 is 1.55 bits per heavy atom. The van der Waals surface area contributed by atoms with Gasteiger partial charge in [-0.25, -0.2) is 14.7 Å². The number of aliphatic hydroxyl groups is 2. The maximum Gasteiger partial charge on any atom is 0.310 e. The fourth-order valence-electron chi connectivity index (χ4n) is 11.3. The van der Waals surface area contributed by atoms with Gasteiger partial charge in [-0.1, -0.05) is 13.8 Å². The van der Waals surface area contributed by atoms with Crippen molar-refractivity contribution in [1.82, 2.24) is 0 Å². The number of ether oxygens (including phenoxy) is 3. The van der Waals surface area contributed by atoms with Crippen molar-refractivity contribution in [1.29, 1.82) is 0 Å². The van der Waals surface area contributed by atoms with Crippen LogP contribution in [0.2, 0.25) is 0 Å². The first-order chi connectivity index (χ1) is 26.5. The summed E-state index contributed by atoms with van der Waals surface area (Å²) in [5, 5.41) is 38.6. The van der Waals surface area contributed by atoms with Crippen LogP contribution in [0.25, 0.3) is 0 Å². The van der Waals surface area contributed by atoms with Gasteiger partial charge in [-0.15, -0.1) is 0 Å². The molecule has 6 atom stereocenters. The summed E-state index contributed by atoms with van der Waals surface area (Å²) in [4.78, 5) is 40.4. The van der Waals surface area contributed by atoms with Crippen LogP contribution in [0, 0.1) is 40.9 Å². The number of carbonyl (C=O) groups excluding carboxylic acids is 1. The molecule has 4 N–H and O–H groups in total. The van der Waals surface area contributed by atoms with Gasteiger partial charge >= 0.3 is 11.9 Å². The molecule has 6 aliphatic carbocycles. The maximum absolute atomic E-state index is 12.9. The van der Waals surface area contributed by atoms with Crippen LogP contribution < -0.4 is 0 Å². The van der Waals surface area contributed by atoms with Gasteiger partial charge in [0.05, 0.1) is 67.8 Å². The van der Waals surface area contributed by atoms with Crippen molar-refractivity contribution < 1.29 is 59.0 Å². The highest BCUT2D eigenvalue weighted by Gasteiger charge is 2.43. The Bertz CT molecular complexity index is 1170. The van der Waals surface area contributed by atoms with E-state index < -0.39 is 29.9 Å². The van der Waals surface area contributed by atoms with Gasteiger partial charge in [0.15, 0.2) is 0 Å². The van der Waals surface area contributed by atoms with E-state index in [0.29, 0.717) is 49.2 Å². The maximum atomic E-state index is 12.9. The molecule has 6 aliphatic rings. The monoisotopic (exact) mass is 781 g/mol. The number of aliphatic carboxylic acids is 1. The number of carboxylic acids is 1. The smallest absolute Gasteiger partial charge is 0.310 e. The van der Waals surface area contributed by atoms with Crippen molar-refractivity contribution in [3.8, 4) is 0 Å². The zero-order valence-corrected chi connectivity index (χ0v) is 33.6. The van der Waals surface area contributed by atoms with Crippen LogP contribution >= 0.6 is 0 Å². The normalized spacial score (nSPS) is 40.7. The molecule has 0 aliphatic heterocycles. The van der Waals surface area contributed by atoms with Crippen LogP contribution in [0.5, 0.6) is 0 Å². The minimum atomic E-state index is -0.981. The zero-order chi connectivity index (χ0) is 39.0. The first-order valence-electron chi connectivity index (χ1n) is 22.1. The van der Waals surface area contributed by atoms with E-state index in [1.165, 1.54) is 25.7 Å². The first kappa shape index (κ1) is 43.2. The number of rotatable bonds is 15. The lowest BCUT2D eigenvalue weighted by Gasteiger charge is -2.47. The molecular formula is C43H72O12. The molecule has 6 unspecified atom stereocenters. The topological polar surface area (TPSA) is 170 Å². The van der Waals surface area contributed by atoms with Gasteiger partial charge in [-0.3, -0.25) is 14.8 Å². The van der Waals surface area contributed by atoms with Crippen LogP contribution in [-0.2, 0) is 38.5 Å². The lowest BCUT2D eigenvalue weighted by atomic mass is 9.60. The Hall–Kier alpha value is -1.38. The second-order valence-corrected chi connectivity index (χ2v) is 19.0. The molecule has 12 heteroatoms. The molecule has 55 heavy (non-hydrogen) atoms. The lowest BCUT2D eigenvalue weighted by Crippen LogP contribution is -2.41. The number of hydrogen-bond acceptors (Lipinski definition) is 11. The van der Waals surface area contributed by atoms with E-state index in [1.807, 2.05) is 0 Å². The molecule has 0 saturated heterocycles. The molecule has 316 valence electrons. The predicted molar refractivity (Wildman–Crippen MR) is 203 cm³/mol. The molecule has 0 heterocycles. The van der Waals surface area contributed by atoms with Gasteiger partial charge in [0, 0.05) is 0 Å². The van der Waals surface area contributed by atoms with Gasteiger partial charge < -0.3 is 29.5 Å². The molecule has 0 bridgehead atoms. The molecule has 0 radical (unpaired) electrons. The minimum Gasteiger partial charge on any atom is -0.481 e. The summed E-state index contributed by atoms with van der Waals surface area (Å²) in [7, 11) is 0. The summed E-state index contributed by atoms with van der Waals surface area (Å²) in [6.45, 7) is 5.68. The fraction of sp³-hybridized carbons (Fsp3) is 0.953. The Morgan fingerprint density at radius 1 is 0.545 bits per heavy atom. The number of esters is 1. The third-order valence-corrected chi connectivity index (χ3v) is 15.1. The van der Waals surface area contributed by atoms with Gasteiger partial charge in [-0.2, -0.15) is 0 Å². The third-order valence-electron chi connectivity index (χ3n) is 15.1. The molecular weight excluding hydrogens is 708 g/mol. The van der Waals surface area contributed by atoms with E-state index in [-0.39, 0.29) is 61.5 Å². The van der Waals surface area contributed by atoms with Gasteiger partial charge in [-0.05, 0) is 170 Å². The molecule has 6 fully saturated rings. The van der Waals surface area contributed by atoms with E-state index >= 15 is 0 Å². The summed E-state index contributed by atoms with van der Waals surface area (Å²) < 4.78 is 19.1. The van der Waals surface area contributed by atoms with Crippen molar-refractivity contribution in [2.24, 2.45) is 40.9 Å². The van der Waals surface area contributed by atoms with Gasteiger partial charge in [0.2, 0.25) is 0 Å². The standard InChI is InChI=1S/C43H72O12/c1-43(2,29-4-10-33(11-5-29)52-35-14-16-37(17-15-35)54-42(48)40-24-32(45)9-22-39(40)41(46)47)30-6-12-34(13-7-30)53-36-18-20-38(21-19-36)55-51-26-28-23-31(44)8-3-27(28)25-50-49/h27-40,44-45,49H,3-26H2,1-2H3,(H,46,47). The van der Waals surface area contributed by atoms with Crippen molar-refractivity contribution in [2.75, 3.05) is 13.2 Å². The van der Waals surface area contributed by atoms with Crippen LogP contribution in [0.15, 0.2) is 0 Å². The van der Waals surface area contributed by atoms with Gasteiger partial charge in [0.1, 0.15) is 6.10 Å². The highest BCUT2D eigenvalue weighted by molar-refractivity contribution is 5.81. The van der Waals surface area contributed by atoms with Crippen LogP contribution in [0.3, 0.4) is 0 Å². The average molecular weight is 781 g/mol. The average Bonchev–Trinajstić information content (AvgIpc) is 3.17. The molecule has 0 aromatic rings. The Balaban J connectivity index is 0.825. The zero-order valence-electron chi connectivity index (χ0n) is 33.6. The highest BCUT2D eigenvalue weighted by atomic mass is 17.2. The van der Waals surface area contributed by atoms with Gasteiger partial charge in [0.25, 0.3) is 0 Å². The molecule has 0 amide bonds.